The van der Waals surface area contributed by atoms with Gasteiger partial charge in [-0.2, -0.15) is 0 Å². The maximum atomic E-state index is 12.3. The summed E-state index contributed by atoms with van der Waals surface area (Å²) >= 11 is 0. The summed E-state index contributed by atoms with van der Waals surface area (Å²) in [6.45, 7) is 2.96. The summed E-state index contributed by atoms with van der Waals surface area (Å²) in [4.78, 5) is 14.3. The van der Waals surface area contributed by atoms with E-state index in [0.29, 0.717) is 18.7 Å². The van der Waals surface area contributed by atoms with E-state index in [1.165, 1.54) is 6.42 Å². The van der Waals surface area contributed by atoms with Crippen molar-refractivity contribution in [3.63, 3.8) is 0 Å². The molecule has 2 rings (SSSR count). The number of likely N-dealkylation sites (tertiary alicyclic amines) is 1. The molecule has 4 heteroatoms. The van der Waals surface area contributed by atoms with Crippen molar-refractivity contribution in [2.24, 2.45) is 5.73 Å². The van der Waals surface area contributed by atoms with Crippen LogP contribution >= 0.6 is 0 Å². The Bertz CT molecular complexity index is 414. The van der Waals surface area contributed by atoms with Crippen molar-refractivity contribution in [3.8, 4) is 5.75 Å². The molecule has 1 aromatic carbocycles. The maximum Gasteiger partial charge on any atom is 0.253 e. The van der Waals surface area contributed by atoms with Crippen LogP contribution in [0.15, 0.2) is 24.3 Å². The molecule has 0 aliphatic carbocycles. The third-order valence-electron chi connectivity index (χ3n) is 3.34. The van der Waals surface area contributed by atoms with Gasteiger partial charge in [0.1, 0.15) is 5.75 Å². The summed E-state index contributed by atoms with van der Waals surface area (Å²) in [5.74, 6) is 0.861. The number of nitrogens with zero attached hydrogens (tertiary/aromatic N) is 1. The number of hydrogen-bond donors (Lipinski definition) is 1. The average molecular weight is 262 g/mol. The molecular formula is C15H22N2O2. The van der Waals surface area contributed by atoms with Crippen molar-refractivity contribution in [3.05, 3.63) is 29.8 Å². The van der Waals surface area contributed by atoms with E-state index in [4.69, 9.17) is 10.5 Å². The fraction of sp³-hybridized carbons (Fsp3) is 0.533. The first-order valence-corrected chi connectivity index (χ1v) is 7.03. The molecule has 0 aromatic heterocycles. The van der Waals surface area contributed by atoms with Gasteiger partial charge in [0, 0.05) is 18.7 Å². The number of piperidine rings is 1. The topological polar surface area (TPSA) is 55.6 Å². The summed E-state index contributed by atoms with van der Waals surface area (Å²) in [7, 11) is 0. The van der Waals surface area contributed by atoms with Gasteiger partial charge in [-0.05, 0) is 50.4 Å². The molecule has 0 bridgehead atoms. The van der Waals surface area contributed by atoms with Crippen molar-refractivity contribution >= 4 is 5.91 Å². The molecule has 1 fully saturated rings. The highest BCUT2D eigenvalue weighted by Crippen LogP contribution is 2.17. The number of carbonyl (C=O) groups excluding carboxylic acids is 1. The summed E-state index contributed by atoms with van der Waals surface area (Å²) in [6.07, 6.45) is 4.27. The predicted octanol–water partition coefficient (Wildman–Crippen LogP) is 2.04. The number of hydrogen-bond acceptors (Lipinski definition) is 3. The highest BCUT2D eigenvalue weighted by Gasteiger charge is 2.18. The van der Waals surface area contributed by atoms with E-state index in [1.54, 1.807) is 0 Å². The molecule has 1 heterocycles. The Morgan fingerprint density at radius 3 is 2.79 bits per heavy atom. The molecule has 1 saturated heterocycles. The number of ether oxygens (including phenoxy) is 1. The zero-order valence-corrected chi connectivity index (χ0v) is 11.3. The van der Waals surface area contributed by atoms with Crippen molar-refractivity contribution < 1.29 is 9.53 Å². The van der Waals surface area contributed by atoms with Crippen LogP contribution < -0.4 is 10.5 Å². The first-order valence-electron chi connectivity index (χ1n) is 7.03. The van der Waals surface area contributed by atoms with Gasteiger partial charge in [0.2, 0.25) is 0 Å². The van der Waals surface area contributed by atoms with Crippen LogP contribution in [-0.4, -0.2) is 37.0 Å². The normalized spacial score (nSPS) is 15.3. The Morgan fingerprint density at radius 1 is 1.26 bits per heavy atom. The van der Waals surface area contributed by atoms with Crippen molar-refractivity contribution in [1.29, 1.82) is 0 Å². The molecule has 1 aliphatic rings. The Balaban J connectivity index is 1.98. The molecule has 0 atom stereocenters. The van der Waals surface area contributed by atoms with Crippen LogP contribution in [0.25, 0.3) is 0 Å². The highest BCUT2D eigenvalue weighted by atomic mass is 16.5. The van der Waals surface area contributed by atoms with E-state index in [-0.39, 0.29) is 5.91 Å². The molecule has 0 unspecified atom stereocenters. The largest absolute Gasteiger partial charge is 0.494 e. The van der Waals surface area contributed by atoms with E-state index < -0.39 is 0 Å². The zero-order chi connectivity index (χ0) is 13.5. The van der Waals surface area contributed by atoms with Crippen LogP contribution in [0.5, 0.6) is 5.75 Å². The van der Waals surface area contributed by atoms with Gasteiger partial charge in [-0.1, -0.05) is 6.07 Å². The van der Waals surface area contributed by atoms with E-state index in [9.17, 15) is 4.79 Å². The van der Waals surface area contributed by atoms with Gasteiger partial charge in [-0.3, -0.25) is 4.79 Å². The molecule has 0 saturated carbocycles. The van der Waals surface area contributed by atoms with Crippen molar-refractivity contribution in [2.75, 3.05) is 26.2 Å². The molecule has 104 valence electrons. The van der Waals surface area contributed by atoms with Crippen LogP contribution in [0.3, 0.4) is 0 Å². The minimum Gasteiger partial charge on any atom is -0.494 e. The van der Waals surface area contributed by atoms with E-state index in [2.05, 4.69) is 0 Å². The fourth-order valence-corrected chi connectivity index (χ4v) is 2.27. The maximum absolute atomic E-state index is 12.3. The molecular weight excluding hydrogens is 240 g/mol. The summed E-state index contributed by atoms with van der Waals surface area (Å²) in [5.41, 5.74) is 6.14. The first kappa shape index (κ1) is 13.9. The second kappa shape index (κ2) is 7.14. The first-order chi connectivity index (χ1) is 9.31. The Labute approximate surface area is 114 Å². The molecule has 4 nitrogen and oxygen atoms in total. The smallest absolute Gasteiger partial charge is 0.253 e. The molecule has 2 N–H and O–H groups in total. The Kier molecular flexibility index (Phi) is 5.21. The minimum absolute atomic E-state index is 0.115. The Hall–Kier alpha value is -1.55. The summed E-state index contributed by atoms with van der Waals surface area (Å²) in [5, 5.41) is 0. The molecule has 1 aliphatic heterocycles. The lowest BCUT2D eigenvalue weighted by molar-refractivity contribution is 0.0724. The Morgan fingerprint density at radius 2 is 2.05 bits per heavy atom. The number of carbonyl (C=O) groups is 1. The van der Waals surface area contributed by atoms with Gasteiger partial charge in [0.05, 0.1) is 6.61 Å². The molecule has 19 heavy (non-hydrogen) atoms. The number of benzene rings is 1. The second-order valence-corrected chi connectivity index (χ2v) is 4.87. The standard InChI is InChI=1S/C15H22N2O2/c16-8-5-11-19-14-7-4-6-13(12-14)15(18)17-9-2-1-3-10-17/h4,6-7,12H,1-3,5,8-11,16H2. The van der Waals surface area contributed by atoms with E-state index in [1.807, 2.05) is 29.2 Å². The van der Waals surface area contributed by atoms with Gasteiger partial charge < -0.3 is 15.4 Å². The van der Waals surface area contributed by atoms with Crippen molar-refractivity contribution in [2.45, 2.75) is 25.7 Å². The monoisotopic (exact) mass is 262 g/mol. The van der Waals surface area contributed by atoms with Crippen LogP contribution in [-0.2, 0) is 0 Å². The second-order valence-electron chi connectivity index (χ2n) is 4.87. The van der Waals surface area contributed by atoms with E-state index in [0.717, 1.165) is 38.1 Å². The lowest BCUT2D eigenvalue weighted by Crippen LogP contribution is -2.35. The van der Waals surface area contributed by atoms with Crippen molar-refractivity contribution in [1.82, 2.24) is 4.90 Å². The molecule has 0 spiro atoms. The van der Waals surface area contributed by atoms with E-state index >= 15 is 0 Å². The van der Waals surface area contributed by atoms with Crippen LogP contribution in [0.2, 0.25) is 0 Å². The van der Waals surface area contributed by atoms with Gasteiger partial charge in [-0.25, -0.2) is 0 Å². The minimum atomic E-state index is 0.115. The van der Waals surface area contributed by atoms with Gasteiger partial charge >= 0.3 is 0 Å². The van der Waals surface area contributed by atoms with Crippen LogP contribution in [0, 0.1) is 0 Å². The number of rotatable bonds is 5. The van der Waals surface area contributed by atoms with Crippen LogP contribution in [0.4, 0.5) is 0 Å². The molecule has 0 radical (unpaired) electrons. The SMILES string of the molecule is NCCCOc1cccc(C(=O)N2CCCCC2)c1. The van der Waals surface area contributed by atoms with Crippen LogP contribution in [0.1, 0.15) is 36.0 Å². The third kappa shape index (κ3) is 3.96. The lowest BCUT2D eigenvalue weighted by atomic mass is 10.1. The van der Waals surface area contributed by atoms with Gasteiger partial charge in [0.25, 0.3) is 5.91 Å². The summed E-state index contributed by atoms with van der Waals surface area (Å²) in [6, 6.07) is 7.43. The molecule has 1 amide bonds. The van der Waals surface area contributed by atoms with Gasteiger partial charge in [0.15, 0.2) is 0 Å². The lowest BCUT2D eigenvalue weighted by Gasteiger charge is -2.26. The number of nitrogens with two attached hydrogens (primary N) is 1. The number of amides is 1. The zero-order valence-electron chi connectivity index (χ0n) is 11.3. The van der Waals surface area contributed by atoms with Gasteiger partial charge in [-0.15, -0.1) is 0 Å². The predicted molar refractivity (Wildman–Crippen MR) is 75.4 cm³/mol. The third-order valence-corrected chi connectivity index (χ3v) is 3.34. The molecule has 1 aromatic rings. The average Bonchev–Trinajstić information content (AvgIpc) is 2.48. The fourth-order valence-electron chi connectivity index (χ4n) is 2.27. The highest BCUT2D eigenvalue weighted by molar-refractivity contribution is 5.94. The quantitative estimate of drug-likeness (QED) is 0.826. The summed E-state index contributed by atoms with van der Waals surface area (Å²) < 4.78 is 5.57.